The van der Waals surface area contributed by atoms with Gasteiger partial charge in [-0.3, -0.25) is 0 Å². The minimum absolute atomic E-state index is 0.114. The van der Waals surface area contributed by atoms with Gasteiger partial charge in [0.2, 0.25) is 0 Å². The van der Waals surface area contributed by atoms with Crippen LogP contribution in [0.1, 0.15) is 47.1 Å². The van der Waals surface area contributed by atoms with Gasteiger partial charge in [0.05, 0.1) is 0 Å². The van der Waals surface area contributed by atoms with E-state index >= 15 is 0 Å². The number of rotatable bonds is 1. The van der Waals surface area contributed by atoms with E-state index in [-0.39, 0.29) is 5.82 Å². The van der Waals surface area contributed by atoms with Crippen LogP contribution >= 0.6 is 0 Å². The number of aryl methyl sites for hydroxylation is 2. The van der Waals surface area contributed by atoms with E-state index in [4.69, 9.17) is 0 Å². The molecule has 2 unspecified atom stereocenters. The zero-order chi connectivity index (χ0) is 15.0. The first-order valence-corrected chi connectivity index (χ1v) is 7.43. The van der Waals surface area contributed by atoms with Gasteiger partial charge >= 0.3 is 0 Å². The minimum atomic E-state index is -0.114. The maximum absolute atomic E-state index is 14.1. The molecule has 0 N–H and O–H groups in total. The average Bonchev–Trinajstić information content (AvgIpc) is 3.14. The van der Waals surface area contributed by atoms with Crippen molar-refractivity contribution in [3.05, 3.63) is 70.0 Å². The van der Waals surface area contributed by atoms with Gasteiger partial charge in [-0.25, -0.2) is 4.39 Å². The third kappa shape index (κ3) is 3.00. The fourth-order valence-electron chi connectivity index (χ4n) is 2.75. The lowest BCUT2D eigenvalue weighted by atomic mass is 10.0. The summed E-state index contributed by atoms with van der Waals surface area (Å²) < 4.78 is 14.1. The highest BCUT2D eigenvalue weighted by Crippen LogP contribution is 2.47. The second-order valence-corrected chi connectivity index (χ2v) is 6.12. The molecule has 0 radical (unpaired) electrons. The van der Waals surface area contributed by atoms with E-state index in [9.17, 15) is 4.39 Å². The molecule has 0 saturated heterocycles. The molecule has 0 aliphatic heterocycles. The molecule has 1 fully saturated rings. The normalized spacial score (nSPS) is 19.8. The number of hydrogen-bond acceptors (Lipinski definition) is 0. The van der Waals surface area contributed by atoms with Gasteiger partial charge < -0.3 is 0 Å². The van der Waals surface area contributed by atoms with Crippen molar-refractivity contribution in [2.75, 3.05) is 0 Å². The standard InChI is InChI=1S/C20H19F/c1-13-4-7-17(14(2)10-13)8-5-16-6-9-18(20(21)12-16)19-11-15(19)3/h4,6-7,9-10,12,15,19H,11H2,1-3H3. The summed E-state index contributed by atoms with van der Waals surface area (Å²) in [4.78, 5) is 0. The van der Waals surface area contributed by atoms with E-state index in [1.807, 2.05) is 18.2 Å². The summed E-state index contributed by atoms with van der Waals surface area (Å²) >= 11 is 0. The highest BCUT2D eigenvalue weighted by Gasteiger charge is 2.35. The van der Waals surface area contributed by atoms with E-state index in [0.717, 1.165) is 28.7 Å². The quantitative estimate of drug-likeness (QED) is 0.646. The second-order valence-electron chi connectivity index (χ2n) is 6.12. The molecule has 0 amide bonds. The van der Waals surface area contributed by atoms with Gasteiger partial charge in [-0.15, -0.1) is 0 Å². The van der Waals surface area contributed by atoms with Crippen molar-refractivity contribution in [1.82, 2.24) is 0 Å². The maximum atomic E-state index is 14.1. The van der Waals surface area contributed by atoms with Gasteiger partial charge in [0.15, 0.2) is 0 Å². The Kier molecular flexibility index (Phi) is 3.55. The van der Waals surface area contributed by atoms with Gasteiger partial charge in [-0.1, -0.05) is 42.5 Å². The Labute approximate surface area is 126 Å². The summed E-state index contributed by atoms with van der Waals surface area (Å²) in [6, 6.07) is 11.6. The Balaban J connectivity index is 1.86. The highest BCUT2D eigenvalue weighted by atomic mass is 19.1. The lowest BCUT2D eigenvalue weighted by Gasteiger charge is -2.02. The van der Waals surface area contributed by atoms with Gasteiger partial charge in [0.1, 0.15) is 5.82 Å². The molecule has 0 nitrogen and oxygen atoms in total. The van der Waals surface area contributed by atoms with Crippen LogP contribution in [-0.2, 0) is 0 Å². The van der Waals surface area contributed by atoms with Crippen LogP contribution in [-0.4, -0.2) is 0 Å². The summed E-state index contributed by atoms with van der Waals surface area (Å²) in [5.74, 6) is 7.12. The summed E-state index contributed by atoms with van der Waals surface area (Å²) in [5, 5.41) is 0. The fraction of sp³-hybridized carbons (Fsp3) is 0.300. The molecule has 2 atom stereocenters. The monoisotopic (exact) mass is 278 g/mol. The van der Waals surface area contributed by atoms with Crippen LogP contribution < -0.4 is 0 Å². The summed E-state index contributed by atoms with van der Waals surface area (Å²) in [6.07, 6.45) is 1.10. The minimum Gasteiger partial charge on any atom is -0.207 e. The molecular formula is C20H19F. The SMILES string of the molecule is Cc1ccc(C#Cc2ccc(C3CC3C)c(F)c2)c(C)c1. The molecule has 1 heteroatoms. The third-order valence-corrected chi connectivity index (χ3v) is 4.23. The molecule has 2 aromatic rings. The lowest BCUT2D eigenvalue weighted by molar-refractivity contribution is 0.607. The molecule has 1 aliphatic rings. The molecule has 3 rings (SSSR count). The molecule has 0 spiro atoms. The molecule has 0 aromatic heterocycles. The molecule has 0 heterocycles. The van der Waals surface area contributed by atoms with Crippen LogP contribution in [0.15, 0.2) is 36.4 Å². The predicted molar refractivity (Wildman–Crippen MR) is 84.8 cm³/mol. The molecule has 1 aliphatic carbocycles. The first-order chi connectivity index (χ1) is 10.0. The van der Waals surface area contributed by atoms with Crippen LogP contribution in [0.5, 0.6) is 0 Å². The fourth-order valence-corrected chi connectivity index (χ4v) is 2.75. The molecule has 2 aromatic carbocycles. The van der Waals surface area contributed by atoms with Crippen LogP contribution in [0.3, 0.4) is 0 Å². The van der Waals surface area contributed by atoms with Gasteiger partial charge in [-0.05, 0) is 61.4 Å². The van der Waals surface area contributed by atoms with Crippen LogP contribution in [0.25, 0.3) is 0 Å². The van der Waals surface area contributed by atoms with Crippen molar-refractivity contribution >= 4 is 0 Å². The van der Waals surface area contributed by atoms with Crippen molar-refractivity contribution < 1.29 is 4.39 Å². The van der Waals surface area contributed by atoms with Gasteiger partial charge in [0, 0.05) is 11.1 Å². The van der Waals surface area contributed by atoms with E-state index in [0.29, 0.717) is 11.8 Å². The number of benzene rings is 2. The smallest absolute Gasteiger partial charge is 0.127 e. The molecule has 0 bridgehead atoms. The average molecular weight is 278 g/mol. The van der Waals surface area contributed by atoms with Gasteiger partial charge in [0.25, 0.3) is 0 Å². The largest absolute Gasteiger partial charge is 0.207 e. The maximum Gasteiger partial charge on any atom is 0.127 e. The van der Waals surface area contributed by atoms with E-state index in [2.05, 4.69) is 44.7 Å². The zero-order valence-electron chi connectivity index (χ0n) is 12.7. The zero-order valence-corrected chi connectivity index (χ0v) is 12.7. The van der Waals surface area contributed by atoms with E-state index in [1.165, 1.54) is 5.56 Å². The van der Waals surface area contributed by atoms with Crippen molar-refractivity contribution in [3.8, 4) is 11.8 Å². The topological polar surface area (TPSA) is 0 Å². The van der Waals surface area contributed by atoms with Crippen molar-refractivity contribution in [2.24, 2.45) is 5.92 Å². The lowest BCUT2D eigenvalue weighted by Crippen LogP contribution is -1.90. The molecule has 1 saturated carbocycles. The first-order valence-electron chi connectivity index (χ1n) is 7.43. The van der Waals surface area contributed by atoms with E-state index < -0.39 is 0 Å². The Morgan fingerprint density at radius 2 is 1.81 bits per heavy atom. The van der Waals surface area contributed by atoms with Crippen molar-refractivity contribution in [2.45, 2.75) is 33.1 Å². The Bertz CT molecular complexity index is 746. The van der Waals surface area contributed by atoms with Crippen molar-refractivity contribution in [1.29, 1.82) is 0 Å². The second kappa shape index (κ2) is 5.37. The summed E-state index contributed by atoms with van der Waals surface area (Å²) in [7, 11) is 0. The Morgan fingerprint density at radius 1 is 1.05 bits per heavy atom. The van der Waals surface area contributed by atoms with Gasteiger partial charge in [-0.2, -0.15) is 0 Å². The molecule has 21 heavy (non-hydrogen) atoms. The van der Waals surface area contributed by atoms with Crippen LogP contribution in [0, 0.1) is 37.4 Å². The third-order valence-electron chi connectivity index (χ3n) is 4.23. The summed E-state index contributed by atoms with van der Waals surface area (Å²) in [6.45, 7) is 6.28. The first kappa shape index (κ1) is 13.9. The predicted octanol–water partition coefficient (Wildman–Crippen LogP) is 4.97. The number of halogens is 1. The molecular weight excluding hydrogens is 259 g/mol. The van der Waals surface area contributed by atoms with Crippen LogP contribution in [0.2, 0.25) is 0 Å². The van der Waals surface area contributed by atoms with Crippen LogP contribution in [0.4, 0.5) is 4.39 Å². The Hall–Kier alpha value is -2.07. The number of hydrogen-bond donors (Lipinski definition) is 0. The highest BCUT2D eigenvalue weighted by molar-refractivity contribution is 5.48. The Morgan fingerprint density at radius 3 is 2.43 bits per heavy atom. The van der Waals surface area contributed by atoms with E-state index in [1.54, 1.807) is 6.07 Å². The van der Waals surface area contributed by atoms with Crippen molar-refractivity contribution in [3.63, 3.8) is 0 Å². The summed E-state index contributed by atoms with van der Waals surface area (Å²) in [5.41, 5.74) is 4.98. The molecule has 106 valence electrons.